The zero-order valence-electron chi connectivity index (χ0n) is 12.6. The molecule has 1 aliphatic heterocycles. The molecule has 6 heteroatoms. The Balaban J connectivity index is 1.72. The summed E-state index contributed by atoms with van der Waals surface area (Å²) in [5.74, 6) is 1.94. The number of aromatic nitrogens is 2. The topological polar surface area (TPSA) is 70.5 Å². The van der Waals surface area contributed by atoms with Crippen LogP contribution in [0, 0.1) is 0 Å². The second kappa shape index (κ2) is 6.62. The van der Waals surface area contributed by atoms with E-state index < -0.39 is 0 Å². The molecular weight excluding hydrogens is 280 g/mol. The van der Waals surface area contributed by atoms with Gasteiger partial charge in [-0.2, -0.15) is 0 Å². The van der Waals surface area contributed by atoms with Gasteiger partial charge in [-0.1, -0.05) is 12.1 Å². The number of anilines is 2. The van der Waals surface area contributed by atoms with Gasteiger partial charge in [0.2, 0.25) is 0 Å². The van der Waals surface area contributed by atoms with E-state index in [9.17, 15) is 5.11 Å². The van der Waals surface area contributed by atoms with Crippen molar-refractivity contribution in [1.82, 2.24) is 9.97 Å². The Hall–Kier alpha value is -2.34. The maximum absolute atomic E-state index is 9.57. The van der Waals surface area contributed by atoms with Gasteiger partial charge in [0.05, 0.1) is 19.3 Å². The van der Waals surface area contributed by atoms with E-state index in [2.05, 4.69) is 20.2 Å². The van der Waals surface area contributed by atoms with E-state index >= 15 is 0 Å². The molecule has 0 spiro atoms. The predicted molar refractivity (Wildman–Crippen MR) is 85.2 cm³/mol. The quantitative estimate of drug-likeness (QED) is 0.902. The van der Waals surface area contributed by atoms with Gasteiger partial charge in [-0.3, -0.25) is 0 Å². The molecule has 2 N–H and O–H groups in total. The van der Waals surface area contributed by atoms with Gasteiger partial charge in [-0.25, -0.2) is 9.97 Å². The molecule has 116 valence electrons. The van der Waals surface area contributed by atoms with Crippen LogP contribution < -0.4 is 10.2 Å². The maximum atomic E-state index is 9.57. The first-order valence-electron chi connectivity index (χ1n) is 7.42. The Bertz CT molecular complexity index is 629. The molecule has 1 aromatic heterocycles. The van der Waals surface area contributed by atoms with Gasteiger partial charge in [-0.15, -0.1) is 0 Å². The van der Waals surface area contributed by atoms with Gasteiger partial charge >= 0.3 is 0 Å². The fourth-order valence-electron chi connectivity index (χ4n) is 2.49. The zero-order chi connectivity index (χ0) is 15.4. The summed E-state index contributed by atoms with van der Waals surface area (Å²) in [5, 5.41) is 12.9. The largest absolute Gasteiger partial charge is 0.508 e. The number of phenolic OH excluding ortho intramolecular Hbond substituents is 1. The SMILES string of the molecule is C[C@@H](Nc1cc(N2CCOCC2)ncn1)c1cccc(O)c1. The highest BCUT2D eigenvalue weighted by Crippen LogP contribution is 2.23. The molecule has 0 bridgehead atoms. The lowest BCUT2D eigenvalue weighted by Crippen LogP contribution is -2.36. The van der Waals surface area contributed by atoms with Crippen LogP contribution >= 0.6 is 0 Å². The molecule has 1 fully saturated rings. The normalized spacial score (nSPS) is 16.3. The second-order valence-corrected chi connectivity index (χ2v) is 5.32. The average Bonchev–Trinajstić information content (AvgIpc) is 2.56. The Labute approximate surface area is 129 Å². The summed E-state index contributed by atoms with van der Waals surface area (Å²) in [5.41, 5.74) is 1.01. The van der Waals surface area contributed by atoms with Crippen LogP contribution in [0.25, 0.3) is 0 Å². The van der Waals surface area contributed by atoms with E-state index in [1.807, 2.05) is 25.1 Å². The Morgan fingerprint density at radius 2 is 2.05 bits per heavy atom. The van der Waals surface area contributed by atoms with Crippen LogP contribution in [0.2, 0.25) is 0 Å². The van der Waals surface area contributed by atoms with Crippen molar-refractivity contribution in [2.45, 2.75) is 13.0 Å². The second-order valence-electron chi connectivity index (χ2n) is 5.32. The lowest BCUT2D eigenvalue weighted by molar-refractivity contribution is 0.122. The molecule has 0 aliphatic carbocycles. The summed E-state index contributed by atoms with van der Waals surface area (Å²) in [7, 11) is 0. The van der Waals surface area contributed by atoms with Gasteiger partial charge in [0.25, 0.3) is 0 Å². The molecule has 22 heavy (non-hydrogen) atoms. The first-order chi connectivity index (χ1) is 10.7. The molecule has 6 nitrogen and oxygen atoms in total. The summed E-state index contributed by atoms with van der Waals surface area (Å²) < 4.78 is 5.36. The average molecular weight is 300 g/mol. The van der Waals surface area contributed by atoms with Gasteiger partial charge in [0.15, 0.2) is 0 Å². The molecule has 0 amide bonds. The highest BCUT2D eigenvalue weighted by molar-refractivity contribution is 5.50. The molecule has 0 saturated carbocycles. The highest BCUT2D eigenvalue weighted by Gasteiger charge is 2.14. The third-order valence-electron chi connectivity index (χ3n) is 3.72. The van der Waals surface area contributed by atoms with Crippen LogP contribution in [0.1, 0.15) is 18.5 Å². The fraction of sp³-hybridized carbons (Fsp3) is 0.375. The molecule has 1 aromatic carbocycles. The van der Waals surface area contributed by atoms with Crippen molar-refractivity contribution in [3.63, 3.8) is 0 Å². The third kappa shape index (κ3) is 3.46. The van der Waals surface area contributed by atoms with E-state index in [1.54, 1.807) is 18.5 Å². The van der Waals surface area contributed by atoms with Crippen LogP contribution in [-0.2, 0) is 4.74 Å². The molecule has 1 atom stereocenters. The molecule has 1 saturated heterocycles. The van der Waals surface area contributed by atoms with Crippen LogP contribution in [0.15, 0.2) is 36.7 Å². The summed E-state index contributed by atoms with van der Waals surface area (Å²) in [6.07, 6.45) is 1.57. The summed E-state index contributed by atoms with van der Waals surface area (Å²) in [6, 6.07) is 9.22. The number of ether oxygens (including phenoxy) is 1. The monoisotopic (exact) mass is 300 g/mol. The van der Waals surface area contributed by atoms with Gasteiger partial charge in [0, 0.05) is 19.2 Å². The summed E-state index contributed by atoms with van der Waals surface area (Å²) >= 11 is 0. The molecular formula is C16H20N4O2. The van der Waals surface area contributed by atoms with Crippen LogP contribution in [0.5, 0.6) is 5.75 Å². The number of rotatable bonds is 4. The van der Waals surface area contributed by atoms with Gasteiger partial charge in [0.1, 0.15) is 23.7 Å². The number of nitrogens with zero attached hydrogens (tertiary/aromatic N) is 3. The Morgan fingerprint density at radius 1 is 1.23 bits per heavy atom. The Kier molecular flexibility index (Phi) is 4.39. The molecule has 2 heterocycles. The third-order valence-corrected chi connectivity index (χ3v) is 3.72. The molecule has 0 unspecified atom stereocenters. The first kappa shape index (κ1) is 14.6. The van der Waals surface area contributed by atoms with E-state index in [1.165, 1.54) is 0 Å². The van der Waals surface area contributed by atoms with Crippen molar-refractivity contribution in [1.29, 1.82) is 0 Å². The molecule has 3 rings (SSSR count). The van der Waals surface area contributed by atoms with Crippen molar-refractivity contribution in [3.8, 4) is 5.75 Å². The predicted octanol–water partition coefficient (Wildman–Crippen LogP) is 2.19. The number of hydrogen-bond donors (Lipinski definition) is 2. The fourth-order valence-corrected chi connectivity index (χ4v) is 2.49. The molecule has 0 radical (unpaired) electrons. The Morgan fingerprint density at radius 3 is 2.82 bits per heavy atom. The van der Waals surface area contributed by atoms with Crippen LogP contribution in [0.3, 0.4) is 0 Å². The smallest absolute Gasteiger partial charge is 0.134 e. The van der Waals surface area contributed by atoms with Crippen LogP contribution in [-0.4, -0.2) is 41.4 Å². The van der Waals surface area contributed by atoms with Gasteiger partial charge in [-0.05, 0) is 24.6 Å². The number of benzene rings is 1. The minimum absolute atomic E-state index is 0.0412. The number of morpholine rings is 1. The number of phenols is 1. The minimum Gasteiger partial charge on any atom is -0.508 e. The number of hydrogen-bond acceptors (Lipinski definition) is 6. The zero-order valence-corrected chi connectivity index (χ0v) is 12.6. The van der Waals surface area contributed by atoms with Crippen molar-refractivity contribution in [2.24, 2.45) is 0 Å². The van der Waals surface area contributed by atoms with Crippen molar-refractivity contribution in [2.75, 3.05) is 36.5 Å². The lowest BCUT2D eigenvalue weighted by Gasteiger charge is -2.28. The standard InChI is InChI=1S/C16H20N4O2/c1-12(13-3-2-4-14(21)9-13)19-15-10-16(18-11-17-15)20-5-7-22-8-6-20/h2-4,9-12,21H,5-8H2,1H3,(H,17,18,19)/t12-/m1/s1. The van der Waals surface area contributed by atoms with Crippen molar-refractivity contribution >= 4 is 11.6 Å². The number of aromatic hydroxyl groups is 1. The maximum Gasteiger partial charge on any atom is 0.134 e. The first-order valence-corrected chi connectivity index (χ1v) is 7.42. The van der Waals surface area contributed by atoms with Crippen molar-refractivity contribution in [3.05, 3.63) is 42.2 Å². The van der Waals surface area contributed by atoms with Crippen molar-refractivity contribution < 1.29 is 9.84 Å². The van der Waals surface area contributed by atoms with E-state index in [4.69, 9.17) is 4.74 Å². The molecule has 2 aromatic rings. The summed E-state index contributed by atoms with van der Waals surface area (Å²) in [4.78, 5) is 10.8. The van der Waals surface area contributed by atoms with E-state index in [-0.39, 0.29) is 11.8 Å². The minimum atomic E-state index is 0.0412. The van der Waals surface area contributed by atoms with Gasteiger partial charge < -0.3 is 20.1 Å². The van der Waals surface area contributed by atoms with Crippen LogP contribution in [0.4, 0.5) is 11.6 Å². The molecule has 1 aliphatic rings. The van der Waals surface area contributed by atoms with E-state index in [0.717, 1.165) is 43.5 Å². The number of nitrogens with one attached hydrogen (secondary N) is 1. The van der Waals surface area contributed by atoms with E-state index in [0.29, 0.717) is 0 Å². The lowest BCUT2D eigenvalue weighted by atomic mass is 10.1. The summed E-state index contributed by atoms with van der Waals surface area (Å²) in [6.45, 7) is 5.18. The highest BCUT2D eigenvalue weighted by atomic mass is 16.5.